The number of hydrogen-bond donors (Lipinski definition) is 2. The fraction of sp³-hybridized carbons (Fsp3) is 0.417. The van der Waals surface area contributed by atoms with Crippen molar-refractivity contribution in [2.24, 2.45) is 5.16 Å². The Morgan fingerprint density at radius 3 is 2.67 bits per heavy atom. The van der Waals surface area contributed by atoms with E-state index in [0.29, 0.717) is 11.3 Å². The van der Waals surface area contributed by atoms with E-state index < -0.39 is 0 Å². The molecular formula is C12H17NO2. The normalized spacial score (nSPS) is 11.7. The van der Waals surface area contributed by atoms with Crippen LogP contribution in [0.15, 0.2) is 23.4 Å². The lowest BCUT2D eigenvalue weighted by Crippen LogP contribution is -1.96. The van der Waals surface area contributed by atoms with Gasteiger partial charge in [-0.2, -0.15) is 0 Å². The first-order valence-electron chi connectivity index (χ1n) is 5.20. The number of phenols is 1. The summed E-state index contributed by atoms with van der Waals surface area (Å²) in [5.74, 6) is 0.180. The quantitative estimate of drug-likeness (QED) is 0.453. The molecular weight excluding hydrogens is 190 g/mol. The molecule has 0 fully saturated rings. The summed E-state index contributed by atoms with van der Waals surface area (Å²) < 4.78 is 0. The predicted molar refractivity (Wildman–Crippen MR) is 60.7 cm³/mol. The maximum Gasteiger partial charge on any atom is 0.125 e. The number of unbranched alkanes of at least 4 members (excludes halogenated alkanes) is 1. The van der Waals surface area contributed by atoms with E-state index in [0.717, 1.165) is 24.8 Å². The van der Waals surface area contributed by atoms with Crippen LogP contribution in [-0.2, 0) is 6.42 Å². The summed E-state index contributed by atoms with van der Waals surface area (Å²) in [4.78, 5) is 0. The minimum Gasteiger partial charge on any atom is -0.507 e. The summed E-state index contributed by atoms with van der Waals surface area (Å²) in [7, 11) is 0. The van der Waals surface area contributed by atoms with Gasteiger partial charge >= 0.3 is 0 Å². The Morgan fingerprint density at radius 1 is 1.40 bits per heavy atom. The molecule has 0 unspecified atom stereocenters. The largest absolute Gasteiger partial charge is 0.507 e. The number of aromatic hydroxyl groups is 1. The molecule has 0 saturated heterocycles. The van der Waals surface area contributed by atoms with E-state index in [1.807, 2.05) is 6.07 Å². The van der Waals surface area contributed by atoms with Crippen LogP contribution in [0.2, 0.25) is 0 Å². The molecule has 0 aliphatic heterocycles. The van der Waals surface area contributed by atoms with Gasteiger partial charge in [0.15, 0.2) is 0 Å². The predicted octanol–water partition coefficient (Wildman–Crippen LogP) is 2.93. The van der Waals surface area contributed by atoms with Gasteiger partial charge in [-0.3, -0.25) is 0 Å². The maximum absolute atomic E-state index is 9.70. The Labute approximate surface area is 90.1 Å². The summed E-state index contributed by atoms with van der Waals surface area (Å²) in [6, 6.07) is 5.48. The average molecular weight is 207 g/mol. The number of aryl methyl sites for hydroxylation is 1. The van der Waals surface area contributed by atoms with Gasteiger partial charge in [0.1, 0.15) is 5.75 Å². The van der Waals surface area contributed by atoms with E-state index in [9.17, 15) is 5.11 Å². The Kier molecular flexibility index (Phi) is 4.16. The zero-order valence-corrected chi connectivity index (χ0v) is 9.20. The zero-order valence-electron chi connectivity index (χ0n) is 9.20. The summed E-state index contributed by atoms with van der Waals surface area (Å²) >= 11 is 0. The summed E-state index contributed by atoms with van der Waals surface area (Å²) in [5.41, 5.74) is 2.12. The molecule has 3 nitrogen and oxygen atoms in total. The molecule has 0 aliphatic carbocycles. The Balaban J connectivity index is 2.88. The lowest BCUT2D eigenvalue weighted by molar-refractivity contribution is 0.318. The zero-order chi connectivity index (χ0) is 11.3. The summed E-state index contributed by atoms with van der Waals surface area (Å²) in [6.45, 7) is 3.79. The molecule has 2 N–H and O–H groups in total. The molecule has 3 heteroatoms. The topological polar surface area (TPSA) is 52.8 Å². The molecule has 0 heterocycles. The third kappa shape index (κ3) is 2.98. The van der Waals surface area contributed by atoms with Crippen molar-refractivity contribution < 1.29 is 10.3 Å². The molecule has 1 rings (SSSR count). The molecule has 15 heavy (non-hydrogen) atoms. The van der Waals surface area contributed by atoms with Gasteiger partial charge in [-0.25, -0.2) is 0 Å². The first kappa shape index (κ1) is 11.6. The minimum atomic E-state index is 0.180. The van der Waals surface area contributed by atoms with Crippen molar-refractivity contribution in [3.8, 4) is 5.75 Å². The third-order valence-corrected chi connectivity index (χ3v) is 2.42. The van der Waals surface area contributed by atoms with E-state index in [1.54, 1.807) is 19.1 Å². The highest BCUT2D eigenvalue weighted by molar-refractivity contribution is 6.00. The summed E-state index contributed by atoms with van der Waals surface area (Å²) in [6.07, 6.45) is 3.23. The molecule has 0 spiro atoms. The van der Waals surface area contributed by atoms with Crippen LogP contribution in [0.1, 0.15) is 37.8 Å². The average Bonchev–Trinajstić information content (AvgIpc) is 2.25. The van der Waals surface area contributed by atoms with Crippen molar-refractivity contribution >= 4 is 5.71 Å². The van der Waals surface area contributed by atoms with Crippen LogP contribution in [0.3, 0.4) is 0 Å². The number of nitrogens with zero attached hydrogens (tertiary/aromatic N) is 1. The number of phenolic OH excluding ortho intramolecular Hbond substituents is 1. The first-order valence-corrected chi connectivity index (χ1v) is 5.20. The van der Waals surface area contributed by atoms with Crippen molar-refractivity contribution in [2.75, 3.05) is 0 Å². The third-order valence-electron chi connectivity index (χ3n) is 2.42. The monoisotopic (exact) mass is 207 g/mol. The van der Waals surface area contributed by atoms with Crippen molar-refractivity contribution in [3.05, 3.63) is 29.3 Å². The molecule has 82 valence electrons. The number of benzene rings is 1. The van der Waals surface area contributed by atoms with Crippen LogP contribution in [0.25, 0.3) is 0 Å². The minimum absolute atomic E-state index is 0.180. The Bertz CT molecular complexity index is 359. The van der Waals surface area contributed by atoms with E-state index in [1.165, 1.54) is 0 Å². The van der Waals surface area contributed by atoms with Gasteiger partial charge in [0.05, 0.1) is 5.71 Å². The highest BCUT2D eigenvalue weighted by Gasteiger charge is 2.05. The molecule has 1 aromatic carbocycles. The van der Waals surface area contributed by atoms with Crippen LogP contribution < -0.4 is 0 Å². The Hall–Kier alpha value is -1.51. The molecule has 0 bridgehead atoms. The number of hydrogen-bond acceptors (Lipinski definition) is 3. The van der Waals surface area contributed by atoms with E-state index in [-0.39, 0.29) is 5.75 Å². The molecule has 1 aromatic rings. The van der Waals surface area contributed by atoms with Gasteiger partial charge in [-0.15, -0.1) is 0 Å². The van der Waals surface area contributed by atoms with Crippen molar-refractivity contribution in [2.45, 2.75) is 33.1 Å². The van der Waals surface area contributed by atoms with Gasteiger partial charge in [0.25, 0.3) is 0 Å². The molecule has 0 aliphatic rings. The lowest BCUT2D eigenvalue weighted by atomic mass is 10.0. The molecule has 0 amide bonds. The highest BCUT2D eigenvalue weighted by Crippen LogP contribution is 2.20. The fourth-order valence-electron chi connectivity index (χ4n) is 1.47. The van der Waals surface area contributed by atoms with Crippen molar-refractivity contribution in [3.63, 3.8) is 0 Å². The van der Waals surface area contributed by atoms with Crippen LogP contribution >= 0.6 is 0 Å². The number of oxime groups is 1. The molecule has 0 aromatic heterocycles. The first-order chi connectivity index (χ1) is 7.19. The second-order valence-electron chi connectivity index (χ2n) is 3.64. The maximum atomic E-state index is 9.70. The standard InChI is InChI=1S/C12H17NO2/c1-3-4-5-10-6-7-11(9(2)13-15)12(14)8-10/h6-8,14-15H,3-5H2,1-2H3. The van der Waals surface area contributed by atoms with E-state index in [2.05, 4.69) is 12.1 Å². The van der Waals surface area contributed by atoms with Crippen molar-refractivity contribution in [1.82, 2.24) is 0 Å². The second kappa shape index (κ2) is 5.39. The lowest BCUT2D eigenvalue weighted by Gasteiger charge is -2.05. The van der Waals surface area contributed by atoms with Crippen LogP contribution in [0, 0.1) is 0 Å². The summed E-state index contributed by atoms with van der Waals surface area (Å²) in [5, 5.41) is 21.4. The highest BCUT2D eigenvalue weighted by atomic mass is 16.4. The van der Waals surface area contributed by atoms with Gasteiger partial charge < -0.3 is 10.3 Å². The van der Waals surface area contributed by atoms with E-state index >= 15 is 0 Å². The number of rotatable bonds is 4. The molecule has 0 saturated carbocycles. The van der Waals surface area contributed by atoms with Gasteiger partial charge in [0.2, 0.25) is 0 Å². The van der Waals surface area contributed by atoms with Crippen LogP contribution in [-0.4, -0.2) is 16.0 Å². The van der Waals surface area contributed by atoms with Gasteiger partial charge in [-0.1, -0.05) is 24.6 Å². The van der Waals surface area contributed by atoms with E-state index in [4.69, 9.17) is 5.21 Å². The second-order valence-corrected chi connectivity index (χ2v) is 3.64. The smallest absolute Gasteiger partial charge is 0.125 e. The fourth-order valence-corrected chi connectivity index (χ4v) is 1.47. The van der Waals surface area contributed by atoms with Crippen LogP contribution in [0.4, 0.5) is 0 Å². The molecule has 0 radical (unpaired) electrons. The van der Waals surface area contributed by atoms with Gasteiger partial charge in [0, 0.05) is 5.56 Å². The van der Waals surface area contributed by atoms with Gasteiger partial charge in [-0.05, 0) is 37.5 Å². The molecule has 0 atom stereocenters. The SMILES string of the molecule is CCCCc1ccc(C(C)=NO)c(O)c1. The van der Waals surface area contributed by atoms with Crippen molar-refractivity contribution in [1.29, 1.82) is 0 Å². The van der Waals surface area contributed by atoms with Crippen LogP contribution in [0.5, 0.6) is 5.75 Å². The Morgan fingerprint density at radius 2 is 2.13 bits per heavy atom.